The Labute approximate surface area is 395 Å². The summed E-state index contributed by atoms with van der Waals surface area (Å²) in [6.45, 7) is 0. The third-order valence-electron chi connectivity index (χ3n) is 14.8. The van der Waals surface area contributed by atoms with Crippen LogP contribution < -0.4 is 10.4 Å². The highest BCUT2D eigenvalue weighted by atomic mass is 16.3. The lowest BCUT2D eigenvalue weighted by Crippen LogP contribution is -2.26. The van der Waals surface area contributed by atoms with E-state index in [4.69, 9.17) is 19.4 Å². The molecule has 2 unspecified atom stereocenters. The highest BCUT2D eigenvalue weighted by Gasteiger charge is 2.40. The van der Waals surface area contributed by atoms with E-state index in [0.29, 0.717) is 42.3 Å². The Hall–Kier alpha value is -8.15. The van der Waals surface area contributed by atoms with E-state index < -0.39 is 0 Å². The van der Waals surface area contributed by atoms with E-state index in [9.17, 15) is 0 Å². The Morgan fingerprint density at radius 2 is 1.37 bits per heavy atom. The van der Waals surface area contributed by atoms with Crippen molar-refractivity contribution < 1.29 is 4.42 Å². The first-order valence-corrected chi connectivity index (χ1v) is 24.1. The van der Waals surface area contributed by atoms with E-state index >= 15 is 0 Å². The average molecular weight is 875 g/mol. The number of fused-ring (bicyclic) bond motifs is 14. The first-order chi connectivity index (χ1) is 33.7. The summed E-state index contributed by atoms with van der Waals surface area (Å²) in [5, 5.41) is 7.81. The molecule has 8 aromatic rings. The number of nitrogens with zero attached hydrogens (tertiary/aromatic N) is 4. The van der Waals surface area contributed by atoms with Gasteiger partial charge in [0.15, 0.2) is 17.4 Å². The molecule has 1 saturated carbocycles. The van der Waals surface area contributed by atoms with E-state index in [2.05, 4.69) is 181 Å². The van der Waals surface area contributed by atoms with Crippen LogP contribution in [0.1, 0.15) is 64.4 Å². The Bertz CT molecular complexity index is 3840. The number of hydrogen-bond donors (Lipinski definition) is 0. The lowest BCUT2D eigenvalue weighted by atomic mass is 9.92. The highest BCUT2D eigenvalue weighted by Crippen LogP contribution is 2.51. The molecule has 5 heteroatoms. The summed E-state index contributed by atoms with van der Waals surface area (Å²) in [5.74, 6) is 5.01. The smallest absolute Gasteiger partial charge is 0.238 e. The van der Waals surface area contributed by atoms with Crippen LogP contribution in [-0.4, -0.2) is 19.5 Å². The van der Waals surface area contributed by atoms with Crippen molar-refractivity contribution in [1.82, 2.24) is 19.5 Å². The third kappa shape index (κ3) is 6.48. The second kappa shape index (κ2) is 15.7. The number of allylic oxidation sites excluding steroid dienone is 13. The molecular formula is C63H46N4O. The Morgan fingerprint density at radius 1 is 0.588 bits per heavy atom. The molecule has 2 atom stereocenters. The minimum Gasteiger partial charge on any atom is -0.454 e. The molecule has 324 valence electrons. The standard InChI is InChI=1S/C63H46N4O/c1-2-7-17-41(16-6-1)61-64-62(42-18-8-3-9-19-42)66-63(65-61)67-57-25-13-5-12-24-52(57)55-37-46(38-56-54-36-45-34-43(45)31-33-58(54)68-60(56)59(55)67)40-28-26-39(27-29-40)44-30-32-51-49-23-15-14-22-47(49)48-20-10-4-11-21-50(48)53(51)35-44/h1-6,8-9,11-24,26-33,35,38,43,45H,7,10,25,34,36-37H2. The fourth-order valence-electron chi connectivity index (χ4n) is 11.3. The number of aromatic nitrogens is 4. The Balaban J connectivity index is 0.945. The van der Waals surface area contributed by atoms with Gasteiger partial charge in [0.2, 0.25) is 5.95 Å². The number of benzene rings is 5. The molecule has 0 bridgehead atoms. The van der Waals surface area contributed by atoms with Gasteiger partial charge in [-0.2, -0.15) is 9.97 Å². The predicted molar refractivity (Wildman–Crippen MR) is 280 cm³/mol. The molecule has 3 heterocycles. The summed E-state index contributed by atoms with van der Waals surface area (Å²) in [6.07, 6.45) is 41.0. The molecule has 0 saturated heterocycles. The maximum Gasteiger partial charge on any atom is 0.238 e. The van der Waals surface area contributed by atoms with Gasteiger partial charge < -0.3 is 4.42 Å². The largest absolute Gasteiger partial charge is 0.454 e. The van der Waals surface area contributed by atoms with Crippen LogP contribution in [0.15, 0.2) is 168 Å². The number of rotatable bonds is 5. The van der Waals surface area contributed by atoms with Gasteiger partial charge in [-0.1, -0.05) is 176 Å². The zero-order valence-corrected chi connectivity index (χ0v) is 37.6. The van der Waals surface area contributed by atoms with Gasteiger partial charge in [0.1, 0.15) is 5.76 Å². The molecule has 0 radical (unpaired) electrons. The van der Waals surface area contributed by atoms with Crippen molar-refractivity contribution >= 4 is 63.1 Å². The SMILES string of the molecule is C1=CCC=C(c2nc(-c3ccccc3)nc(-n3c4c(c5c3-c3oc6c(c3C=C(c3ccc(-c7ccc8c(c7)c7c(c9ccccc98)=CCC=CC=7)cc3)C5)CC3CC3C=C6)C=CC=CC4)n2)C=C1. The fraction of sp³-hybridized carbons (Fsp3) is 0.127. The summed E-state index contributed by atoms with van der Waals surface area (Å²) < 4.78 is 9.50. The summed E-state index contributed by atoms with van der Waals surface area (Å²) in [4.78, 5) is 15.9. The molecule has 5 aromatic carbocycles. The molecule has 6 aliphatic carbocycles. The monoisotopic (exact) mass is 874 g/mol. The maximum absolute atomic E-state index is 7.20. The lowest BCUT2D eigenvalue weighted by molar-refractivity contribution is 0.562. The van der Waals surface area contributed by atoms with Gasteiger partial charge in [-0.25, -0.2) is 4.98 Å². The van der Waals surface area contributed by atoms with Gasteiger partial charge in [-0.15, -0.1) is 0 Å². The molecule has 0 spiro atoms. The normalized spacial score (nSPS) is 18.3. The zero-order chi connectivity index (χ0) is 44.7. The van der Waals surface area contributed by atoms with Crippen molar-refractivity contribution in [3.8, 4) is 39.9 Å². The molecule has 0 amide bonds. The van der Waals surface area contributed by atoms with Crippen LogP contribution in [0.25, 0.3) is 103 Å². The van der Waals surface area contributed by atoms with Crippen molar-refractivity contribution in [2.75, 3.05) is 0 Å². The molecular weight excluding hydrogens is 829 g/mol. The van der Waals surface area contributed by atoms with Crippen molar-refractivity contribution in [3.05, 3.63) is 219 Å². The summed E-state index contributed by atoms with van der Waals surface area (Å²) in [5.41, 5.74) is 13.9. The van der Waals surface area contributed by atoms with Crippen LogP contribution in [-0.2, 0) is 19.3 Å². The minimum atomic E-state index is 0.594. The molecule has 6 aliphatic rings. The van der Waals surface area contributed by atoms with Gasteiger partial charge in [0.25, 0.3) is 0 Å². The Kier molecular flexibility index (Phi) is 9.04. The first-order valence-electron chi connectivity index (χ1n) is 24.1. The minimum absolute atomic E-state index is 0.594. The fourth-order valence-corrected chi connectivity index (χ4v) is 11.3. The van der Waals surface area contributed by atoms with Gasteiger partial charge in [-0.05, 0) is 116 Å². The van der Waals surface area contributed by atoms with Crippen LogP contribution in [0.2, 0.25) is 0 Å². The van der Waals surface area contributed by atoms with Crippen molar-refractivity contribution in [2.45, 2.75) is 38.5 Å². The van der Waals surface area contributed by atoms with Crippen molar-refractivity contribution in [1.29, 1.82) is 0 Å². The molecule has 0 N–H and O–H groups in total. The zero-order valence-electron chi connectivity index (χ0n) is 37.6. The van der Waals surface area contributed by atoms with E-state index in [1.54, 1.807) is 0 Å². The maximum atomic E-state index is 7.20. The van der Waals surface area contributed by atoms with Crippen LogP contribution in [0.3, 0.4) is 0 Å². The van der Waals surface area contributed by atoms with Crippen molar-refractivity contribution in [2.24, 2.45) is 11.8 Å². The van der Waals surface area contributed by atoms with Gasteiger partial charge in [0, 0.05) is 46.4 Å². The van der Waals surface area contributed by atoms with Crippen LogP contribution >= 0.6 is 0 Å². The number of hydrogen-bond acceptors (Lipinski definition) is 4. The van der Waals surface area contributed by atoms with Crippen molar-refractivity contribution in [3.63, 3.8) is 0 Å². The molecule has 5 nitrogen and oxygen atoms in total. The number of furan rings is 1. The van der Waals surface area contributed by atoms with Gasteiger partial charge >= 0.3 is 0 Å². The second-order valence-electron chi connectivity index (χ2n) is 18.8. The van der Waals surface area contributed by atoms with E-state index in [1.807, 2.05) is 18.2 Å². The lowest BCUT2D eigenvalue weighted by Gasteiger charge is -2.14. The summed E-state index contributed by atoms with van der Waals surface area (Å²) in [6, 6.07) is 35.4. The third-order valence-corrected chi connectivity index (χ3v) is 14.8. The van der Waals surface area contributed by atoms with Crippen LogP contribution in [0, 0.1) is 11.8 Å². The predicted octanol–water partition coefficient (Wildman–Crippen LogP) is 13.4. The van der Waals surface area contributed by atoms with Crippen LogP contribution in [0.5, 0.6) is 0 Å². The molecule has 0 aliphatic heterocycles. The van der Waals surface area contributed by atoms with Gasteiger partial charge in [-0.3, -0.25) is 4.57 Å². The molecule has 14 rings (SSSR count). The molecule has 68 heavy (non-hydrogen) atoms. The first kappa shape index (κ1) is 39.1. The molecule has 3 aromatic heterocycles. The quantitative estimate of drug-likeness (QED) is 0.162. The Morgan fingerprint density at radius 3 is 2.29 bits per heavy atom. The van der Waals surface area contributed by atoms with Gasteiger partial charge in [0.05, 0.1) is 5.69 Å². The van der Waals surface area contributed by atoms with E-state index in [0.717, 1.165) is 53.3 Å². The second-order valence-corrected chi connectivity index (χ2v) is 18.8. The topological polar surface area (TPSA) is 56.7 Å². The van der Waals surface area contributed by atoms with E-state index in [1.165, 1.54) is 82.9 Å². The van der Waals surface area contributed by atoms with E-state index in [-0.39, 0.29) is 0 Å². The summed E-state index contributed by atoms with van der Waals surface area (Å²) in [7, 11) is 0. The molecule has 1 fully saturated rings. The van der Waals surface area contributed by atoms with Crippen LogP contribution in [0.4, 0.5) is 0 Å². The summed E-state index contributed by atoms with van der Waals surface area (Å²) >= 11 is 0. The average Bonchev–Trinajstić information content (AvgIpc) is 4.19. The highest BCUT2D eigenvalue weighted by molar-refractivity contribution is 6.09.